The van der Waals surface area contributed by atoms with Crippen molar-refractivity contribution in [1.82, 2.24) is 24.7 Å². The summed E-state index contributed by atoms with van der Waals surface area (Å²) in [5, 5.41) is 4.02. The van der Waals surface area contributed by atoms with Crippen molar-refractivity contribution in [2.45, 2.75) is 30.6 Å². The van der Waals surface area contributed by atoms with Crippen molar-refractivity contribution in [3.8, 4) is 11.4 Å². The Hall–Kier alpha value is -3.27. The summed E-state index contributed by atoms with van der Waals surface area (Å²) in [6.07, 6.45) is 4.53. The minimum atomic E-state index is -3.92. The number of piperidine rings is 1. The predicted octanol–water partition coefficient (Wildman–Crippen LogP) is 2.72. The fourth-order valence-electron chi connectivity index (χ4n) is 3.44. The van der Waals surface area contributed by atoms with Gasteiger partial charge in [0.15, 0.2) is 0 Å². The van der Waals surface area contributed by atoms with Gasteiger partial charge in [-0.25, -0.2) is 17.9 Å². The van der Waals surface area contributed by atoms with Gasteiger partial charge in [-0.3, -0.25) is 4.98 Å². The van der Waals surface area contributed by atoms with Gasteiger partial charge in [0.05, 0.1) is 4.90 Å². The van der Waals surface area contributed by atoms with Gasteiger partial charge >= 0.3 is 6.03 Å². The van der Waals surface area contributed by atoms with Crippen LogP contribution < -0.4 is 4.72 Å². The molecule has 0 aliphatic carbocycles. The highest BCUT2D eigenvalue weighted by Gasteiger charge is 2.30. The molecule has 2 aromatic heterocycles. The molecule has 30 heavy (non-hydrogen) atoms. The maximum Gasteiger partial charge on any atom is 0.331 e. The molecular formula is C20H21N5O4S. The van der Waals surface area contributed by atoms with Crippen LogP contribution in [0.4, 0.5) is 4.79 Å². The van der Waals surface area contributed by atoms with Crippen LogP contribution in [0.25, 0.3) is 11.4 Å². The van der Waals surface area contributed by atoms with E-state index in [0.717, 1.165) is 5.56 Å². The van der Waals surface area contributed by atoms with Crippen molar-refractivity contribution in [3.05, 3.63) is 60.2 Å². The summed E-state index contributed by atoms with van der Waals surface area (Å²) in [6, 6.07) is 9.52. The molecule has 0 spiro atoms. The second-order valence-corrected chi connectivity index (χ2v) is 8.78. The van der Waals surface area contributed by atoms with Crippen LogP contribution in [-0.4, -0.2) is 47.6 Å². The topological polar surface area (TPSA) is 118 Å². The molecule has 3 heterocycles. The molecule has 1 N–H and O–H groups in total. The molecule has 1 aliphatic rings. The molecule has 1 aliphatic heterocycles. The fourth-order valence-corrected chi connectivity index (χ4v) is 4.66. The van der Waals surface area contributed by atoms with Crippen LogP contribution in [0.1, 0.15) is 30.2 Å². The standard InChI is InChI=1S/C20H21N5O4S/c1-14-4-2-3-5-17(14)30(27,28)24-20(26)25-12-8-16(9-13-25)19-22-18(23-29-19)15-6-10-21-11-7-15/h2-7,10-11,16H,8-9,12-13H2,1H3,(H,24,26). The van der Waals surface area contributed by atoms with Crippen molar-refractivity contribution in [1.29, 1.82) is 0 Å². The number of amides is 2. The maximum absolute atomic E-state index is 12.5. The smallest absolute Gasteiger partial charge is 0.331 e. The van der Waals surface area contributed by atoms with Gasteiger partial charge in [0.25, 0.3) is 10.0 Å². The first kappa shape index (κ1) is 20.0. The number of carbonyl (C=O) groups excluding carboxylic acids is 1. The number of rotatable bonds is 4. The normalized spacial score (nSPS) is 15.2. The summed E-state index contributed by atoms with van der Waals surface area (Å²) in [7, 11) is -3.92. The molecule has 156 valence electrons. The molecule has 0 unspecified atom stereocenters. The summed E-state index contributed by atoms with van der Waals surface area (Å²) < 4.78 is 32.6. The third-order valence-electron chi connectivity index (χ3n) is 5.12. The van der Waals surface area contributed by atoms with Gasteiger partial charge in [-0.1, -0.05) is 23.4 Å². The lowest BCUT2D eigenvalue weighted by Crippen LogP contribution is -2.46. The van der Waals surface area contributed by atoms with E-state index in [-0.39, 0.29) is 10.8 Å². The van der Waals surface area contributed by atoms with Crippen LogP contribution in [0.2, 0.25) is 0 Å². The van der Waals surface area contributed by atoms with E-state index in [2.05, 4.69) is 19.8 Å². The second kappa shape index (κ2) is 8.23. The molecule has 3 aromatic rings. The number of aromatic nitrogens is 3. The third-order valence-corrected chi connectivity index (χ3v) is 6.60. The first-order chi connectivity index (χ1) is 14.4. The van der Waals surface area contributed by atoms with Crippen LogP contribution in [0.3, 0.4) is 0 Å². The summed E-state index contributed by atoms with van der Waals surface area (Å²) in [5.41, 5.74) is 1.40. The third kappa shape index (κ3) is 4.18. The van der Waals surface area contributed by atoms with E-state index in [1.165, 1.54) is 11.0 Å². The first-order valence-corrected chi connectivity index (χ1v) is 11.0. The highest BCUT2D eigenvalue weighted by Crippen LogP contribution is 2.28. The van der Waals surface area contributed by atoms with Gasteiger partial charge in [0.2, 0.25) is 11.7 Å². The van der Waals surface area contributed by atoms with Crippen LogP contribution >= 0.6 is 0 Å². The zero-order valence-corrected chi connectivity index (χ0v) is 17.2. The Morgan fingerprint density at radius 3 is 2.53 bits per heavy atom. The van der Waals surface area contributed by atoms with E-state index in [4.69, 9.17) is 4.52 Å². The van der Waals surface area contributed by atoms with Gasteiger partial charge in [-0.15, -0.1) is 0 Å². The first-order valence-electron chi connectivity index (χ1n) is 9.55. The zero-order chi connectivity index (χ0) is 21.1. The monoisotopic (exact) mass is 427 g/mol. The molecule has 2 amide bonds. The van der Waals surface area contributed by atoms with Gasteiger partial charge in [-0.2, -0.15) is 4.98 Å². The van der Waals surface area contributed by atoms with E-state index < -0.39 is 16.1 Å². The van der Waals surface area contributed by atoms with Gasteiger partial charge in [0, 0.05) is 37.0 Å². The average Bonchev–Trinajstić information content (AvgIpc) is 3.25. The van der Waals surface area contributed by atoms with E-state index in [0.29, 0.717) is 43.2 Å². The number of nitrogens with one attached hydrogen (secondary N) is 1. The maximum atomic E-state index is 12.5. The Morgan fingerprint density at radius 2 is 1.83 bits per heavy atom. The molecule has 0 atom stereocenters. The molecule has 0 bridgehead atoms. The van der Waals surface area contributed by atoms with Crippen molar-refractivity contribution in [2.24, 2.45) is 0 Å². The number of nitrogens with zero attached hydrogens (tertiary/aromatic N) is 4. The number of sulfonamides is 1. The molecule has 1 aromatic carbocycles. The summed E-state index contributed by atoms with van der Waals surface area (Å²) in [4.78, 5) is 22.5. The molecule has 1 fully saturated rings. The number of carbonyl (C=O) groups is 1. The number of pyridine rings is 1. The van der Waals surface area contributed by atoms with Crippen LogP contribution in [0, 0.1) is 6.92 Å². The van der Waals surface area contributed by atoms with Crippen molar-refractivity contribution in [3.63, 3.8) is 0 Å². The molecular weight excluding hydrogens is 406 g/mol. The lowest BCUT2D eigenvalue weighted by molar-refractivity contribution is 0.180. The molecule has 0 saturated carbocycles. The Bertz CT molecular complexity index is 1140. The Labute approximate surface area is 174 Å². The SMILES string of the molecule is Cc1ccccc1S(=O)(=O)NC(=O)N1CCC(c2nc(-c3ccncc3)no2)CC1. The Morgan fingerprint density at radius 1 is 1.13 bits per heavy atom. The van der Waals surface area contributed by atoms with Crippen LogP contribution in [-0.2, 0) is 10.0 Å². The van der Waals surface area contributed by atoms with Crippen LogP contribution in [0.5, 0.6) is 0 Å². The predicted molar refractivity (Wildman–Crippen MR) is 108 cm³/mol. The minimum absolute atomic E-state index is 0.0186. The molecule has 9 nitrogen and oxygen atoms in total. The lowest BCUT2D eigenvalue weighted by atomic mass is 9.97. The van der Waals surface area contributed by atoms with Crippen molar-refractivity contribution < 1.29 is 17.7 Å². The molecule has 4 rings (SSSR count). The van der Waals surface area contributed by atoms with Crippen molar-refractivity contribution in [2.75, 3.05) is 13.1 Å². The summed E-state index contributed by atoms with van der Waals surface area (Å²) >= 11 is 0. The van der Waals surface area contributed by atoms with E-state index in [1.807, 2.05) is 0 Å². The molecule has 10 heteroatoms. The second-order valence-electron chi connectivity index (χ2n) is 7.13. The molecule has 1 saturated heterocycles. The van der Waals surface area contributed by atoms with Crippen LogP contribution in [0.15, 0.2) is 58.2 Å². The lowest BCUT2D eigenvalue weighted by Gasteiger charge is -2.30. The quantitative estimate of drug-likeness (QED) is 0.680. The van der Waals surface area contributed by atoms with Gasteiger partial charge < -0.3 is 9.42 Å². The van der Waals surface area contributed by atoms with E-state index >= 15 is 0 Å². The van der Waals surface area contributed by atoms with Gasteiger partial charge in [0.1, 0.15) is 0 Å². The summed E-state index contributed by atoms with van der Waals surface area (Å²) in [6.45, 7) is 2.48. The van der Waals surface area contributed by atoms with E-state index in [9.17, 15) is 13.2 Å². The zero-order valence-electron chi connectivity index (χ0n) is 16.4. The van der Waals surface area contributed by atoms with E-state index in [1.54, 1.807) is 49.6 Å². The summed E-state index contributed by atoms with van der Waals surface area (Å²) in [5.74, 6) is 1.04. The molecule has 0 radical (unpaired) electrons. The fraction of sp³-hybridized carbons (Fsp3) is 0.300. The minimum Gasteiger partial charge on any atom is -0.339 e. The highest BCUT2D eigenvalue weighted by molar-refractivity contribution is 7.90. The number of hydrogen-bond acceptors (Lipinski definition) is 7. The number of benzene rings is 1. The Kier molecular flexibility index (Phi) is 5.49. The largest absolute Gasteiger partial charge is 0.339 e. The number of likely N-dealkylation sites (tertiary alicyclic amines) is 1. The average molecular weight is 427 g/mol. The highest BCUT2D eigenvalue weighted by atomic mass is 32.2. The number of aryl methyl sites for hydroxylation is 1. The number of hydrogen-bond donors (Lipinski definition) is 1. The number of urea groups is 1. The Balaban J connectivity index is 1.37. The van der Waals surface area contributed by atoms with Gasteiger partial charge in [-0.05, 0) is 43.5 Å². The van der Waals surface area contributed by atoms with Crippen molar-refractivity contribution >= 4 is 16.1 Å².